The van der Waals surface area contributed by atoms with Gasteiger partial charge in [0.25, 0.3) is 0 Å². The first kappa shape index (κ1) is 17.0. The van der Waals surface area contributed by atoms with Crippen molar-refractivity contribution in [1.29, 1.82) is 0 Å². The number of aromatic nitrogens is 2. The van der Waals surface area contributed by atoms with Gasteiger partial charge < -0.3 is 5.32 Å². The van der Waals surface area contributed by atoms with Gasteiger partial charge >= 0.3 is 5.69 Å². The van der Waals surface area contributed by atoms with Gasteiger partial charge in [0.05, 0.1) is 16.7 Å². The third kappa shape index (κ3) is 3.33. The molecular weight excluding hydrogens is 321 g/mol. The number of imidazole rings is 1. The van der Waals surface area contributed by atoms with Gasteiger partial charge in [-0.25, -0.2) is 9.18 Å². The van der Waals surface area contributed by atoms with E-state index in [2.05, 4.69) is 5.32 Å². The first-order valence-electron chi connectivity index (χ1n) is 8.25. The molecular formula is C19H20FN3O2. The van der Waals surface area contributed by atoms with Crippen molar-refractivity contribution in [3.05, 3.63) is 64.3 Å². The molecule has 0 fully saturated rings. The van der Waals surface area contributed by atoms with Gasteiger partial charge in [-0.15, -0.1) is 0 Å². The Morgan fingerprint density at radius 3 is 2.48 bits per heavy atom. The molecule has 2 aromatic carbocycles. The Balaban J connectivity index is 1.92. The topological polar surface area (TPSA) is 56.0 Å². The fourth-order valence-electron chi connectivity index (χ4n) is 2.93. The maximum absolute atomic E-state index is 13.8. The molecule has 0 atom stereocenters. The number of para-hydroxylation sites is 2. The van der Waals surface area contributed by atoms with Gasteiger partial charge in [0.2, 0.25) is 5.91 Å². The molecule has 6 heteroatoms. The fourth-order valence-corrected chi connectivity index (χ4v) is 2.93. The minimum Gasteiger partial charge on any atom is -0.322 e. The van der Waals surface area contributed by atoms with Crippen LogP contribution >= 0.6 is 0 Å². The molecule has 0 aliphatic carbocycles. The van der Waals surface area contributed by atoms with Crippen molar-refractivity contribution in [2.75, 3.05) is 5.32 Å². The summed E-state index contributed by atoms with van der Waals surface area (Å²) < 4.78 is 16.9. The van der Waals surface area contributed by atoms with Crippen LogP contribution in [-0.2, 0) is 17.9 Å². The van der Waals surface area contributed by atoms with Crippen LogP contribution in [0.3, 0.4) is 0 Å². The molecule has 1 heterocycles. The number of benzene rings is 2. The molecule has 1 aromatic heterocycles. The molecule has 0 saturated heterocycles. The lowest BCUT2D eigenvalue weighted by atomic mass is 10.2. The van der Waals surface area contributed by atoms with Gasteiger partial charge in [0.1, 0.15) is 12.4 Å². The number of hydrogen-bond acceptors (Lipinski definition) is 2. The van der Waals surface area contributed by atoms with Gasteiger partial charge in [0.15, 0.2) is 0 Å². The second kappa shape index (κ2) is 6.93. The normalized spacial score (nSPS) is 11.0. The van der Waals surface area contributed by atoms with Crippen molar-refractivity contribution in [2.24, 2.45) is 0 Å². The molecule has 0 bridgehead atoms. The zero-order valence-corrected chi connectivity index (χ0v) is 14.3. The number of nitrogens with zero attached hydrogens (tertiary/aromatic N) is 2. The molecule has 3 rings (SSSR count). The van der Waals surface area contributed by atoms with Crippen molar-refractivity contribution in [3.8, 4) is 0 Å². The van der Waals surface area contributed by atoms with Crippen molar-refractivity contribution < 1.29 is 9.18 Å². The summed E-state index contributed by atoms with van der Waals surface area (Å²) in [4.78, 5) is 25.0. The summed E-state index contributed by atoms with van der Waals surface area (Å²) in [6.07, 6.45) is 0.814. The predicted octanol–water partition coefficient (Wildman–Crippen LogP) is 3.30. The van der Waals surface area contributed by atoms with Crippen LogP contribution in [0.5, 0.6) is 0 Å². The zero-order chi connectivity index (χ0) is 18.0. The standard InChI is InChI=1S/C19H20FN3O2/c1-3-10-22-16-6-4-5-7-17(16)23(19(22)25)12-18(24)21-15-11-13(2)8-9-14(15)20/h4-9,11H,3,10,12H2,1-2H3,(H,21,24). The molecule has 1 amide bonds. The number of halogens is 1. The minimum absolute atomic E-state index is 0.121. The quantitative estimate of drug-likeness (QED) is 0.774. The Morgan fingerprint density at radius 2 is 1.80 bits per heavy atom. The highest BCUT2D eigenvalue weighted by atomic mass is 19.1. The molecule has 5 nitrogen and oxygen atoms in total. The predicted molar refractivity (Wildman–Crippen MR) is 96.3 cm³/mol. The Kier molecular flexibility index (Phi) is 4.70. The van der Waals surface area contributed by atoms with Gasteiger partial charge in [-0.2, -0.15) is 0 Å². The Bertz CT molecular complexity index is 988. The van der Waals surface area contributed by atoms with E-state index in [-0.39, 0.29) is 17.9 Å². The van der Waals surface area contributed by atoms with Crippen LogP contribution in [0, 0.1) is 12.7 Å². The van der Waals surface area contributed by atoms with Crippen molar-refractivity contribution >= 4 is 22.6 Å². The highest BCUT2D eigenvalue weighted by molar-refractivity contribution is 5.91. The zero-order valence-electron chi connectivity index (χ0n) is 14.3. The molecule has 25 heavy (non-hydrogen) atoms. The summed E-state index contributed by atoms with van der Waals surface area (Å²) in [5.74, 6) is -0.939. The van der Waals surface area contributed by atoms with Crippen LogP contribution in [-0.4, -0.2) is 15.0 Å². The Labute approximate surface area is 144 Å². The van der Waals surface area contributed by atoms with E-state index < -0.39 is 11.7 Å². The third-order valence-corrected chi connectivity index (χ3v) is 4.07. The number of carbonyl (C=O) groups excluding carboxylic acids is 1. The summed E-state index contributed by atoms with van der Waals surface area (Å²) >= 11 is 0. The van der Waals surface area contributed by atoms with Crippen molar-refractivity contribution in [3.63, 3.8) is 0 Å². The maximum Gasteiger partial charge on any atom is 0.329 e. The van der Waals surface area contributed by atoms with Gasteiger partial charge in [0, 0.05) is 6.54 Å². The highest BCUT2D eigenvalue weighted by Crippen LogP contribution is 2.17. The number of nitrogens with one attached hydrogen (secondary N) is 1. The maximum atomic E-state index is 13.8. The molecule has 130 valence electrons. The Hall–Kier alpha value is -2.89. The minimum atomic E-state index is -0.500. The van der Waals surface area contributed by atoms with Crippen LogP contribution in [0.25, 0.3) is 11.0 Å². The number of amides is 1. The summed E-state index contributed by atoms with van der Waals surface area (Å²) in [5, 5.41) is 2.55. The monoisotopic (exact) mass is 341 g/mol. The lowest BCUT2D eigenvalue weighted by Gasteiger charge is -2.08. The smallest absolute Gasteiger partial charge is 0.322 e. The lowest BCUT2D eigenvalue weighted by molar-refractivity contribution is -0.116. The van der Waals surface area contributed by atoms with Crippen LogP contribution < -0.4 is 11.0 Å². The number of anilines is 1. The molecule has 0 unspecified atom stereocenters. The van der Waals surface area contributed by atoms with E-state index in [0.717, 1.165) is 17.5 Å². The summed E-state index contributed by atoms with van der Waals surface area (Å²) in [5.41, 5.74) is 2.22. The molecule has 1 N–H and O–H groups in total. The van der Waals surface area contributed by atoms with Crippen molar-refractivity contribution in [2.45, 2.75) is 33.4 Å². The molecule has 0 radical (unpaired) electrons. The summed E-state index contributed by atoms with van der Waals surface area (Å²) in [7, 11) is 0. The van der Waals surface area contributed by atoms with E-state index in [0.29, 0.717) is 12.1 Å². The van der Waals surface area contributed by atoms with E-state index in [4.69, 9.17) is 0 Å². The molecule has 0 spiro atoms. The second-order valence-electron chi connectivity index (χ2n) is 6.04. The van der Waals surface area contributed by atoms with E-state index in [1.54, 1.807) is 16.7 Å². The van der Waals surface area contributed by atoms with Crippen LogP contribution in [0.1, 0.15) is 18.9 Å². The number of rotatable bonds is 5. The largest absolute Gasteiger partial charge is 0.329 e. The SMILES string of the molecule is CCCn1c(=O)n(CC(=O)Nc2cc(C)ccc2F)c2ccccc21. The summed E-state index contributed by atoms with van der Waals surface area (Å²) in [6.45, 7) is 4.23. The van der Waals surface area contributed by atoms with Gasteiger partial charge in [-0.1, -0.05) is 25.1 Å². The molecule has 0 aliphatic rings. The average Bonchev–Trinajstić information content (AvgIpc) is 2.84. The van der Waals surface area contributed by atoms with Crippen LogP contribution in [0.15, 0.2) is 47.3 Å². The van der Waals surface area contributed by atoms with Crippen LogP contribution in [0.2, 0.25) is 0 Å². The number of fused-ring (bicyclic) bond motifs is 1. The number of hydrogen-bond donors (Lipinski definition) is 1. The van der Waals surface area contributed by atoms with E-state index >= 15 is 0 Å². The summed E-state index contributed by atoms with van der Waals surface area (Å²) in [6, 6.07) is 11.9. The van der Waals surface area contributed by atoms with Crippen molar-refractivity contribution in [1.82, 2.24) is 9.13 Å². The van der Waals surface area contributed by atoms with Gasteiger partial charge in [-0.3, -0.25) is 13.9 Å². The van der Waals surface area contributed by atoms with Gasteiger partial charge in [-0.05, 0) is 43.2 Å². The molecule has 0 aliphatic heterocycles. The highest BCUT2D eigenvalue weighted by Gasteiger charge is 2.15. The number of carbonyl (C=O) groups is 1. The van der Waals surface area contributed by atoms with E-state index in [1.165, 1.54) is 10.6 Å². The van der Waals surface area contributed by atoms with E-state index in [9.17, 15) is 14.0 Å². The third-order valence-electron chi connectivity index (χ3n) is 4.07. The number of aryl methyl sites for hydroxylation is 2. The fraction of sp³-hybridized carbons (Fsp3) is 0.263. The molecule has 3 aromatic rings. The second-order valence-corrected chi connectivity index (χ2v) is 6.04. The Morgan fingerprint density at radius 1 is 1.12 bits per heavy atom. The first-order valence-corrected chi connectivity index (χ1v) is 8.25. The average molecular weight is 341 g/mol. The van der Waals surface area contributed by atoms with E-state index in [1.807, 2.05) is 38.1 Å². The molecule has 0 saturated carbocycles. The lowest BCUT2D eigenvalue weighted by Crippen LogP contribution is -2.29. The van der Waals surface area contributed by atoms with Crippen LogP contribution in [0.4, 0.5) is 10.1 Å². The first-order chi connectivity index (χ1) is 12.0.